The molecule has 1 aliphatic rings. The number of halogens is 2. The average molecular weight is 313 g/mol. The fraction of sp³-hybridized carbons (Fsp3) is 0.562. The smallest absolute Gasteiger partial charge is 0.387 e. The topological polar surface area (TPSA) is 47.6 Å². The zero-order valence-corrected chi connectivity index (χ0v) is 12.6. The molecule has 2 rings (SSSR count). The fourth-order valence-corrected chi connectivity index (χ4v) is 2.75. The van der Waals surface area contributed by atoms with Gasteiger partial charge in [0.05, 0.1) is 12.7 Å². The molecular formula is C16H21F2NO3. The Bertz CT molecular complexity index is 500. The second kappa shape index (κ2) is 7.96. The Labute approximate surface area is 128 Å². The van der Waals surface area contributed by atoms with E-state index in [9.17, 15) is 13.6 Å². The molecule has 0 aliphatic heterocycles. The minimum atomic E-state index is -3.01. The van der Waals surface area contributed by atoms with E-state index < -0.39 is 12.5 Å². The summed E-state index contributed by atoms with van der Waals surface area (Å²) in [5.74, 6) is -0.499. The van der Waals surface area contributed by atoms with Crippen molar-refractivity contribution < 1.29 is 23.0 Å². The van der Waals surface area contributed by atoms with Gasteiger partial charge in [-0.15, -0.1) is 0 Å². The van der Waals surface area contributed by atoms with Crippen molar-refractivity contribution >= 4 is 5.91 Å². The van der Waals surface area contributed by atoms with Gasteiger partial charge >= 0.3 is 6.61 Å². The quantitative estimate of drug-likeness (QED) is 0.842. The molecule has 6 heteroatoms. The maximum atomic E-state index is 12.6. The Balaban J connectivity index is 2.17. The molecule has 0 aromatic heterocycles. The van der Waals surface area contributed by atoms with E-state index in [1.807, 2.05) is 0 Å². The van der Waals surface area contributed by atoms with Crippen LogP contribution in [-0.2, 0) is 0 Å². The van der Waals surface area contributed by atoms with Crippen LogP contribution in [0, 0.1) is 0 Å². The third-order valence-corrected chi connectivity index (χ3v) is 3.84. The molecular weight excluding hydrogens is 292 g/mol. The molecule has 1 saturated carbocycles. The van der Waals surface area contributed by atoms with Crippen molar-refractivity contribution in [2.75, 3.05) is 7.11 Å². The first kappa shape index (κ1) is 16.5. The van der Waals surface area contributed by atoms with Gasteiger partial charge in [0, 0.05) is 6.04 Å². The molecule has 0 atom stereocenters. The Morgan fingerprint density at radius 1 is 1.23 bits per heavy atom. The lowest BCUT2D eigenvalue weighted by Crippen LogP contribution is -2.34. The number of rotatable bonds is 5. The van der Waals surface area contributed by atoms with E-state index >= 15 is 0 Å². The molecule has 0 unspecified atom stereocenters. The van der Waals surface area contributed by atoms with Crippen molar-refractivity contribution in [1.82, 2.24) is 5.32 Å². The van der Waals surface area contributed by atoms with Crippen molar-refractivity contribution in [3.8, 4) is 11.5 Å². The number of nitrogens with one attached hydrogen (secondary N) is 1. The van der Waals surface area contributed by atoms with Gasteiger partial charge in [0.2, 0.25) is 0 Å². The van der Waals surface area contributed by atoms with Crippen LogP contribution in [0.3, 0.4) is 0 Å². The third-order valence-electron chi connectivity index (χ3n) is 3.84. The Morgan fingerprint density at radius 3 is 2.50 bits per heavy atom. The van der Waals surface area contributed by atoms with E-state index in [-0.39, 0.29) is 23.1 Å². The van der Waals surface area contributed by atoms with Crippen LogP contribution in [0.2, 0.25) is 0 Å². The minimum Gasteiger partial charge on any atom is -0.493 e. The monoisotopic (exact) mass is 313 g/mol. The van der Waals surface area contributed by atoms with Crippen molar-refractivity contribution in [2.45, 2.75) is 51.2 Å². The van der Waals surface area contributed by atoms with Gasteiger partial charge in [-0.1, -0.05) is 31.7 Å². The predicted molar refractivity (Wildman–Crippen MR) is 78.6 cm³/mol. The van der Waals surface area contributed by atoms with Crippen LogP contribution in [-0.4, -0.2) is 25.7 Å². The van der Waals surface area contributed by atoms with Gasteiger partial charge in [0.25, 0.3) is 5.91 Å². The van der Waals surface area contributed by atoms with Crippen LogP contribution in [0.4, 0.5) is 8.78 Å². The van der Waals surface area contributed by atoms with Crippen molar-refractivity contribution in [1.29, 1.82) is 0 Å². The van der Waals surface area contributed by atoms with Gasteiger partial charge in [0.1, 0.15) is 0 Å². The highest BCUT2D eigenvalue weighted by Gasteiger charge is 2.22. The third kappa shape index (κ3) is 4.32. The summed E-state index contributed by atoms with van der Waals surface area (Å²) in [5.41, 5.74) is 0.0731. The van der Waals surface area contributed by atoms with Gasteiger partial charge in [0.15, 0.2) is 11.5 Å². The number of methoxy groups -OCH3 is 1. The highest BCUT2D eigenvalue weighted by molar-refractivity contribution is 5.98. The van der Waals surface area contributed by atoms with E-state index in [1.54, 1.807) is 6.07 Å². The van der Waals surface area contributed by atoms with Crippen LogP contribution >= 0.6 is 0 Å². The van der Waals surface area contributed by atoms with E-state index in [0.717, 1.165) is 25.7 Å². The molecule has 122 valence electrons. The zero-order valence-electron chi connectivity index (χ0n) is 12.6. The van der Waals surface area contributed by atoms with Gasteiger partial charge in [-0.3, -0.25) is 4.79 Å². The lowest BCUT2D eigenvalue weighted by molar-refractivity contribution is -0.0515. The summed E-state index contributed by atoms with van der Waals surface area (Å²) < 4.78 is 34.7. The summed E-state index contributed by atoms with van der Waals surface area (Å²) in [7, 11) is 1.35. The summed E-state index contributed by atoms with van der Waals surface area (Å²) in [5, 5.41) is 2.92. The molecule has 0 spiro atoms. The van der Waals surface area contributed by atoms with Crippen LogP contribution < -0.4 is 14.8 Å². The van der Waals surface area contributed by atoms with Gasteiger partial charge in [-0.25, -0.2) is 0 Å². The maximum absolute atomic E-state index is 12.6. The second-order valence-electron chi connectivity index (χ2n) is 5.38. The Hall–Kier alpha value is -1.85. The van der Waals surface area contributed by atoms with Crippen LogP contribution in [0.5, 0.6) is 11.5 Å². The molecule has 1 fully saturated rings. The van der Waals surface area contributed by atoms with E-state index in [0.29, 0.717) is 0 Å². The predicted octanol–water partition coefficient (Wildman–Crippen LogP) is 3.75. The summed E-state index contributed by atoms with van der Waals surface area (Å²) >= 11 is 0. The molecule has 0 saturated heterocycles. The zero-order chi connectivity index (χ0) is 15.9. The van der Waals surface area contributed by atoms with Crippen LogP contribution in [0.25, 0.3) is 0 Å². The van der Waals surface area contributed by atoms with E-state index in [1.165, 1.54) is 32.1 Å². The summed E-state index contributed by atoms with van der Waals surface area (Å²) in [4.78, 5) is 12.4. The molecule has 1 aromatic rings. The summed E-state index contributed by atoms with van der Waals surface area (Å²) in [6, 6.07) is 4.62. The molecule has 22 heavy (non-hydrogen) atoms. The first-order valence-electron chi connectivity index (χ1n) is 7.54. The molecule has 0 heterocycles. The number of carbonyl (C=O) groups is 1. The number of benzene rings is 1. The SMILES string of the molecule is COc1cccc(C(=O)NC2CCCCCC2)c1OC(F)F. The number of hydrogen-bond donors (Lipinski definition) is 1. The van der Waals surface area contributed by atoms with E-state index in [2.05, 4.69) is 10.1 Å². The molecule has 0 bridgehead atoms. The second-order valence-corrected chi connectivity index (χ2v) is 5.38. The Morgan fingerprint density at radius 2 is 1.91 bits per heavy atom. The van der Waals surface area contributed by atoms with Crippen LogP contribution in [0.1, 0.15) is 48.9 Å². The van der Waals surface area contributed by atoms with Gasteiger partial charge in [-0.2, -0.15) is 8.78 Å². The summed E-state index contributed by atoms with van der Waals surface area (Å²) in [6.45, 7) is -3.01. The first-order chi connectivity index (χ1) is 10.6. The molecule has 1 aromatic carbocycles. The largest absolute Gasteiger partial charge is 0.493 e. The first-order valence-corrected chi connectivity index (χ1v) is 7.54. The molecule has 1 aliphatic carbocycles. The fourth-order valence-electron chi connectivity index (χ4n) is 2.75. The number of amides is 1. The van der Waals surface area contributed by atoms with Crippen molar-refractivity contribution in [3.63, 3.8) is 0 Å². The van der Waals surface area contributed by atoms with Crippen molar-refractivity contribution in [2.24, 2.45) is 0 Å². The number of alkyl halides is 2. The Kier molecular flexibility index (Phi) is 5.98. The number of ether oxygens (including phenoxy) is 2. The lowest BCUT2D eigenvalue weighted by atomic mass is 10.1. The standard InChI is InChI=1S/C16H21F2NO3/c1-21-13-10-6-9-12(14(13)22-16(17)18)15(20)19-11-7-4-2-3-5-8-11/h6,9-11,16H,2-5,7-8H2,1H3,(H,19,20). The lowest BCUT2D eigenvalue weighted by Gasteiger charge is -2.18. The molecule has 0 radical (unpaired) electrons. The molecule has 4 nitrogen and oxygen atoms in total. The normalized spacial score (nSPS) is 16.2. The highest BCUT2D eigenvalue weighted by Crippen LogP contribution is 2.32. The molecule has 1 N–H and O–H groups in total. The van der Waals surface area contributed by atoms with Crippen LogP contribution in [0.15, 0.2) is 18.2 Å². The van der Waals surface area contributed by atoms with Gasteiger partial charge < -0.3 is 14.8 Å². The number of hydrogen-bond acceptors (Lipinski definition) is 3. The average Bonchev–Trinajstić information content (AvgIpc) is 2.75. The number of carbonyl (C=O) groups excluding carboxylic acids is 1. The molecule has 1 amide bonds. The van der Waals surface area contributed by atoms with Crippen molar-refractivity contribution in [3.05, 3.63) is 23.8 Å². The van der Waals surface area contributed by atoms with E-state index in [4.69, 9.17) is 4.74 Å². The summed E-state index contributed by atoms with van der Waals surface area (Å²) in [6.07, 6.45) is 6.32. The minimum absolute atomic E-state index is 0.0731. The van der Waals surface area contributed by atoms with Gasteiger partial charge in [-0.05, 0) is 25.0 Å². The highest BCUT2D eigenvalue weighted by atomic mass is 19.3. The number of para-hydroxylation sites is 1. The maximum Gasteiger partial charge on any atom is 0.387 e.